The number of carbonyl (C=O) groups is 1. The van der Waals surface area contributed by atoms with Crippen LogP contribution in [-0.2, 0) is 4.43 Å². The fourth-order valence-corrected chi connectivity index (χ4v) is 9.38. The van der Waals surface area contributed by atoms with Gasteiger partial charge >= 0.3 is 5.97 Å². The van der Waals surface area contributed by atoms with E-state index >= 15 is 0 Å². The van der Waals surface area contributed by atoms with Crippen molar-refractivity contribution in [1.29, 1.82) is 0 Å². The number of carboxylic acid groups (broad SMARTS) is 1. The predicted octanol–water partition coefficient (Wildman–Crippen LogP) is 4.35. The second-order valence-electron chi connectivity index (χ2n) is 9.42. The van der Waals surface area contributed by atoms with Gasteiger partial charge in [0.05, 0.1) is 0 Å². The molecule has 1 fully saturated rings. The van der Waals surface area contributed by atoms with Crippen molar-refractivity contribution >= 4 is 42.1 Å². The van der Waals surface area contributed by atoms with Crippen LogP contribution in [0.15, 0.2) is 66.9 Å². The molecule has 0 radical (unpaired) electrons. The minimum absolute atomic E-state index is 0.00996. The molecule has 0 unspecified atom stereocenters. The predicted molar refractivity (Wildman–Crippen MR) is 133 cm³/mol. The van der Waals surface area contributed by atoms with E-state index in [4.69, 9.17) is 16.0 Å². The van der Waals surface area contributed by atoms with Gasteiger partial charge in [0.15, 0.2) is 0 Å². The van der Waals surface area contributed by atoms with E-state index in [-0.39, 0.29) is 33.8 Å². The van der Waals surface area contributed by atoms with E-state index in [2.05, 4.69) is 84.6 Å². The van der Waals surface area contributed by atoms with Crippen molar-refractivity contribution in [2.24, 2.45) is 0 Å². The van der Waals surface area contributed by atoms with E-state index in [1.807, 2.05) is 12.1 Å². The van der Waals surface area contributed by atoms with Crippen molar-refractivity contribution in [2.45, 2.75) is 50.8 Å². The monoisotopic (exact) mass is 481 g/mol. The van der Waals surface area contributed by atoms with Crippen LogP contribution in [0.4, 0.5) is 5.82 Å². The smallest absolute Gasteiger partial charge is 0.341 e. The number of carboxylic acids is 1. The molecule has 1 aliphatic rings. The molecule has 0 aliphatic heterocycles. The third kappa shape index (κ3) is 4.67. The number of hydrogen-bond acceptors (Lipinski definition) is 5. The Morgan fingerprint density at radius 1 is 1.06 bits per heavy atom. The topological polar surface area (TPSA) is 84.3 Å². The first-order chi connectivity index (χ1) is 15.7. The van der Waals surface area contributed by atoms with Crippen molar-refractivity contribution in [3.63, 3.8) is 0 Å². The molecule has 6 nitrogen and oxygen atoms in total. The Balaban J connectivity index is 1.59. The molecule has 0 amide bonds. The Kier molecular flexibility index (Phi) is 6.56. The second kappa shape index (κ2) is 9.25. The minimum Gasteiger partial charge on any atom is -0.477 e. The van der Waals surface area contributed by atoms with E-state index in [1.54, 1.807) is 0 Å². The number of aromatic nitrogens is 2. The molecule has 3 aromatic rings. The highest BCUT2D eigenvalue weighted by atomic mass is 35.5. The van der Waals surface area contributed by atoms with E-state index in [9.17, 15) is 9.90 Å². The zero-order valence-corrected chi connectivity index (χ0v) is 20.7. The second-order valence-corrected chi connectivity index (χ2v) is 14.0. The third-order valence-corrected chi connectivity index (χ3v) is 11.5. The van der Waals surface area contributed by atoms with Gasteiger partial charge in [-0.25, -0.2) is 9.78 Å². The lowest BCUT2D eigenvalue weighted by Gasteiger charge is -2.48. The standard InChI is InChI=1S/C25H28ClN3O3Si/c1-25(2,3)33(19-10-6-4-7-11-19,20-12-8-5-9-13-20)32-18-14-17(15-18)28-22-21(23(30)31)16-27-24(26)29-22/h4-13,16-18H,14-15H2,1-3H3,(H,30,31)(H,27,28,29). The lowest BCUT2D eigenvalue weighted by molar-refractivity contribution is 0.0696. The summed E-state index contributed by atoms with van der Waals surface area (Å²) >= 11 is 5.89. The number of nitrogens with one attached hydrogen (secondary N) is 1. The number of benzene rings is 2. The molecule has 1 aliphatic carbocycles. The molecular formula is C25H28ClN3O3Si. The fraction of sp³-hybridized carbons (Fsp3) is 0.320. The molecule has 0 bridgehead atoms. The van der Waals surface area contributed by atoms with E-state index in [1.165, 1.54) is 16.6 Å². The Labute approximate surface area is 200 Å². The van der Waals surface area contributed by atoms with Gasteiger partial charge in [-0.15, -0.1) is 0 Å². The average molecular weight is 482 g/mol. The summed E-state index contributed by atoms with van der Waals surface area (Å²) < 4.78 is 7.10. The summed E-state index contributed by atoms with van der Waals surface area (Å²) in [6.45, 7) is 6.78. The largest absolute Gasteiger partial charge is 0.477 e. The molecule has 0 saturated heterocycles. The highest BCUT2D eigenvalue weighted by molar-refractivity contribution is 6.99. The molecule has 33 heavy (non-hydrogen) atoms. The summed E-state index contributed by atoms with van der Waals surface area (Å²) in [4.78, 5) is 19.4. The van der Waals surface area contributed by atoms with Crippen molar-refractivity contribution in [3.8, 4) is 0 Å². The van der Waals surface area contributed by atoms with Crippen LogP contribution in [0.2, 0.25) is 10.3 Å². The lowest BCUT2D eigenvalue weighted by Crippen LogP contribution is -2.69. The number of hydrogen-bond donors (Lipinski definition) is 2. The Morgan fingerprint density at radius 3 is 2.09 bits per heavy atom. The first-order valence-corrected chi connectivity index (χ1v) is 13.3. The molecule has 2 aromatic carbocycles. The zero-order chi connectivity index (χ0) is 23.6. The minimum atomic E-state index is -2.61. The summed E-state index contributed by atoms with van der Waals surface area (Å²) in [5, 5.41) is 15.1. The van der Waals surface area contributed by atoms with E-state index < -0.39 is 14.3 Å². The van der Waals surface area contributed by atoms with Gasteiger partial charge in [0, 0.05) is 18.3 Å². The first-order valence-electron chi connectivity index (χ1n) is 11.0. The van der Waals surface area contributed by atoms with Crippen LogP contribution in [0, 0.1) is 0 Å². The van der Waals surface area contributed by atoms with Crippen LogP contribution >= 0.6 is 11.6 Å². The lowest BCUT2D eigenvalue weighted by atomic mass is 9.89. The average Bonchev–Trinajstić information content (AvgIpc) is 2.75. The van der Waals surface area contributed by atoms with Crippen LogP contribution in [0.3, 0.4) is 0 Å². The third-order valence-electron chi connectivity index (χ3n) is 6.19. The normalized spacial score (nSPS) is 18.4. The SMILES string of the molecule is CC(C)(C)[Si](OC1CC(Nc2nc(Cl)ncc2C(=O)O)C1)(c1ccccc1)c1ccccc1. The molecular weight excluding hydrogens is 454 g/mol. The molecule has 0 atom stereocenters. The first kappa shape index (κ1) is 23.4. The van der Waals surface area contributed by atoms with Crippen molar-refractivity contribution in [1.82, 2.24) is 9.97 Å². The Hall–Kier alpha value is -2.74. The molecule has 0 spiro atoms. The number of anilines is 1. The van der Waals surface area contributed by atoms with Crippen LogP contribution in [0.1, 0.15) is 44.0 Å². The summed E-state index contributed by atoms with van der Waals surface area (Å²) in [7, 11) is -2.61. The molecule has 1 saturated carbocycles. The number of aromatic carboxylic acids is 1. The van der Waals surface area contributed by atoms with Crippen molar-refractivity contribution in [3.05, 3.63) is 77.7 Å². The van der Waals surface area contributed by atoms with Crippen molar-refractivity contribution in [2.75, 3.05) is 5.32 Å². The summed E-state index contributed by atoms with van der Waals surface area (Å²) in [5.74, 6) is -0.843. The van der Waals surface area contributed by atoms with E-state index in [0.29, 0.717) is 0 Å². The van der Waals surface area contributed by atoms with Crippen molar-refractivity contribution < 1.29 is 14.3 Å². The molecule has 172 valence electrons. The molecule has 2 N–H and O–H groups in total. The van der Waals surface area contributed by atoms with E-state index in [0.717, 1.165) is 12.8 Å². The van der Waals surface area contributed by atoms with Gasteiger partial charge in [-0.1, -0.05) is 81.4 Å². The van der Waals surface area contributed by atoms with Crippen LogP contribution in [0.5, 0.6) is 0 Å². The fourth-order valence-electron chi connectivity index (χ4n) is 4.54. The summed E-state index contributed by atoms with van der Waals surface area (Å²) in [5.41, 5.74) is 0.00996. The summed E-state index contributed by atoms with van der Waals surface area (Å²) in [6, 6.07) is 21.2. The van der Waals surface area contributed by atoms with Crippen LogP contribution in [-0.4, -0.2) is 41.5 Å². The highest BCUT2D eigenvalue weighted by Crippen LogP contribution is 2.40. The summed E-state index contributed by atoms with van der Waals surface area (Å²) in [6.07, 6.45) is 2.80. The van der Waals surface area contributed by atoms with Gasteiger partial charge in [-0.05, 0) is 39.9 Å². The number of rotatable bonds is 7. The maximum atomic E-state index is 11.5. The Morgan fingerprint density at radius 2 is 1.61 bits per heavy atom. The van der Waals surface area contributed by atoms with Gasteiger partial charge < -0.3 is 14.8 Å². The quantitative estimate of drug-likeness (QED) is 0.385. The van der Waals surface area contributed by atoms with Gasteiger partial charge in [0.25, 0.3) is 8.32 Å². The van der Waals surface area contributed by atoms with Gasteiger partial charge in [0.1, 0.15) is 11.4 Å². The van der Waals surface area contributed by atoms with Gasteiger partial charge in [-0.3, -0.25) is 0 Å². The number of nitrogens with zero attached hydrogens (tertiary/aromatic N) is 2. The van der Waals surface area contributed by atoms with Crippen LogP contribution in [0.25, 0.3) is 0 Å². The highest BCUT2D eigenvalue weighted by Gasteiger charge is 2.52. The molecule has 1 aromatic heterocycles. The Bertz CT molecular complexity index is 1080. The van der Waals surface area contributed by atoms with Crippen LogP contribution < -0.4 is 15.7 Å². The maximum absolute atomic E-state index is 11.5. The number of halogens is 1. The zero-order valence-electron chi connectivity index (χ0n) is 19.0. The molecule has 1 heterocycles. The molecule has 8 heteroatoms. The molecule has 4 rings (SSSR count). The van der Waals surface area contributed by atoms with Gasteiger partial charge in [0.2, 0.25) is 5.28 Å². The van der Waals surface area contributed by atoms with Gasteiger partial charge in [-0.2, -0.15) is 4.98 Å². The maximum Gasteiger partial charge on any atom is 0.341 e.